The Bertz CT molecular complexity index is 2200. The van der Waals surface area contributed by atoms with Gasteiger partial charge in [0.25, 0.3) is 0 Å². The van der Waals surface area contributed by atoms with Gasteiger partial charge in [-0.1, -0.05) is 6.92 Å². The van der Waals surface area contributed by atoms with Crippen LogP contribution in [0.2, 0.25) is 0 Å². The smallest absolute Gasteiger partial charge is 0.337 e. The van der Waals surface area contributed by atoms with Gasteiger partial charge in [0.05, 0.1) is 11.2 Å². The first-order valence-corrected chi connectivity index (χ1v) is 15.4. The summed E-state index contributed by atoms with van der Waals surface area (Å²) < 4.78 is 57.4. The second-order valence-electron chi connectivity index (χ2n) is 13.2. The average Bonchev–Trinajstić information content (AvgIpc) is 3.26. The Morgan fingerprint density at radius 2 is 1.77 bits per heavy atom. The predicted molar refractivity (Wildman–Crippen MR) is 168 cm³/mol. The minimum absolute atomic E-state index is 0.0157. The molecule has 1 saturated carbocycles. The summed E-state index contributed by atoms with van der Waals surface area (Å²) in [5.74, 6) is -3.22. The maximum Gasteiger partial charge on any atom is 0.436 e. The minimum atomic E-state index is -5.05. The highest BCUT2D eigenvalue weighted by Gasteiger charge is 2.64. The van der Waals surface area contributed by atoms with Crippen LogP contribution in [0.5, 0.6) is 0 Å². The maximum absolute atomic E-state index is 14.0. The van der Waals surface area contributed by atoms with Gasteiger partial charge < -0.3 is 14.8 Å². The molecule has 0 radical (unpaired) electrons. The third-order valence-electron chi connectivity index (χ3n) is 9.52. The van der Waals surface area contributed by atoms with Crippen LogP contribution in [-0.4, -0.2) is 58.7 Å². The van der Waals surface area contributed by atoms with Crippen molar-refractivity contribution in [2.24, 2.45) is 5.41 Å². The van der Waals surface area contributed by atoms with Crippen LogP contribution in [0.25, 0.3) is 27.7 Å². The molecule has 5 heterocycles. The average molecular weight is 662 g/mol. The number of anilines is 1. The van der Waals surface area contributed by atoms with Crippen molar-refractivity contribution in [1.82, 2.24) is 29.0 Å². The molecule has 2 fully saturated rings. The van der Waals surface area contributed by atoms with E-state index in [2.05, 4.69) is 20.4 Å². The number of carbonyl (C=O) groups is 3. The third kappa shape index (κ3) is 5.19. The van der Waals surface area contributed by atoms with Crippen LogP contribution in [0, 0.1) is 32.0 Å². The summed E-state index contributed by atoms with van der Waals surface area (Å²) >= 11 is 0. The number of Topliss-reactive ketones (excluding diaryl/α,β-unsaturated/α-hetero) is 1. The molecule has 1 aromatic carbocycles. The lowest BCUT2D eigenvalue weighted by molar-refractivity contribution is -0.143. The van der Waals surface area contributed by atoms with Crippen LogP contribution in [0.4, 0.5) is 23.4 Å². The van der Waals surface area contributed by atoms with E-state index in [1.807, 2.05) is 45.2 Å². The zero-order chi connectivity index (χ0) is 34.4. The number of likely N-dealkylation sites (tertiary alicyclic amines) is 1. The van der Waals surface area contributed by atoms with Crippen LogP contribution < -0.4 is 5.32 Å². The van der Waals surface area contributed by atoms with Gasteiger partial charge in [-0.15, -0.1) is 0 Å². The summed E-state index contributed by atoms with van der Waals surface area (Å²) in [4.78, 5) is 49.7. The largest absolute Gasteiger partial charge is 0.436 e. The maximum atomic E-state index is 14.0. The third-order valence-corrected chi connectivity index (χ3v) is 9.52. The van der Waals surface area contributed by atoms with Crippen molar-refractivity contribution in [1.29, 1.82) is 0 Å². The van der Waals surface area contributed by atoms with Crippen molar-refractivity contribution in [3.8, 4) is 11.1 Å². The Balaban J connectivity index is 1.20. The number of hydrogen-bond donors (Lipinski definition) is 1. The number of rotatable bonds is 6. The lowest BCUT2D eigenvalue weighted by Crippen LogP contribution is -2.46. The summed E-state index contributed by atoms with van der Waals surface area (Å²) in [6.45, 7) is 8.34. The number of aryl methyl sites for hydroxylation is 3. The summed E-state index contributed by atoms with van der Waals surface area (Å²) in [7, 11) is 0. The van der Waals surface area contributed by atoms with E-state index in [0.717, 1.165) is 22.4 Å². The SMILES string of the molecule is CC(=O)c1cn(CC(=O)N2C3C[C@]3(C)C[C@H]2C(=O)Nc2nc(C(F)(F)F)c(F)cc2C)c2c(C)cc(-c3cnc4cc(C)nn4c3)cc12. The molecular formula is C34H31F4N7O3. The number of alkyl halides is 3. The highest BCUT2D eigenvalue weighted by atomic mass is 19.4. The molecule has 2 aliphatic rings. The molecule has 1 saturated heterocycles. The summed E-state index contributed by atoms with van der Waals surface area (Å²) in [5, 5.41) is 7.52. The first kappa shape index (κ1) is 31.5. The van der Waals surface area contributed by atoms with E-state index in [9.17, 15) is 31.9 Å². The van der Waals surface area contributed by atoms with E-state index in [-0.39, 0.29) is 35.3 Å². The zero-order valence-corrected chi connectivity index (χ0v) is 26.7. The number of halogens is 4. The molecule has 1 aliphatic carbocycles. The van der Waals surface area contributed by atoms with Crippen LogP contribution in [-0.2, 0) is 22.3 Å². The van der Waals surface area contributed by atoms with Crippen molar-refractivity contribution in [3.05, 3.63) is 76.8 Å². The van der Waals surface area contributed by atoms with Crippen LogP contribution in [0.1, 0.15) is 59.6 Å². The van der Waals surface area contributed by atoms with Gasteiger partial charge in [0.2, 0.25) is 11.8 Å². The number of nitrogens with one attached hydrogen (secondary N) is 1. The van der Waals surface area contributed by atoms with Crippen molar-refractivity contribution in [2.45, 2.75) is 72.3 Å². The second-order valence-corrected chi connectivity index (χ2v) is 13.2. The Morgan fingerprint density at radius 1 is 1.02 bits per heavy atom. The van der Waals surface area contributed by atoms with Crippen molar-refractivity contribution in [2.75, 3.05) is 5.32 Å². The first-order valence-electron chi connectivity index (χ1n) is 15.4. The molecule has 248 valence electrons. The Labute approximate surface area is 271 Å². The number of fused-ring (bicyclic) bond motifs is 3. The summed E-state index contributed by atoms with van der Waals surface area (Å²) in [5.41, 5.74) is 3.03. The van der Waals surface area contributed by atoms with Crippen molar-refractivity contribution >= 4 is 40.0 Å². The number of amides is 2. The number of nitrogens with zero attached hydrogens (tertiary/aromatic N) is 6. The van der Waals surface area contributed by atoms with Gasteiger partial charge in [0.1, 0.15) is 18.4 Å². The zero-order valence-electron chi connectivity index (χ0n) is 26.7. The van der Waals surface area contributed by atoms with Gasteiger partial charge in [0, 0.05) is 47.2 Å². The molecule has 7 rings (SSSR count). The molecule has 5 aromatic rings. The van der Waals surface area contributed by atoms with Crippen molar-refractivity contribution in [3.63, 3.8) is 0 Å². The van der Waals surface area contributed by atoms with Gasteiger partial charge in [-0.2, -0.15) is 18.3 Å². The number of hydrogen-bond acceptors (Lipinski definition) is 6. The topological polar surface area (TPSA) is 114 Å². The Morgan fingerprint density at radius 3 is 2.48 bits per heavy atom. The summed E-state index contributed by atoms with van der Waals surface area (Å²) in [6.07, 6.45) is 1.18. The molecule has 3 atom stereocenters. The quantitative estimate of drug-likeness (QED) is 0.175. The van der Waals surface area contributed by atoms with Gasteiger partial charge in [-0.05, 0) is 80.8 Å². The highest BCUT2D eigenvalue weighted by Crippen LogP contribution is 2.59. The molecule has 1 unspecified atom stereocenters. The fourth-order valence-corrected chi connectivity index (χ4v) is 7.07. The molecule has 0 bridgehead atoms. The predicted octanol–water partition coefficient (Wildman–Crippen LogP) is 6.05. The Hall–Kier alpha value is -5.14. The summed E-state index contributed by atoms with van der Waals surface area (Å²) in [6, 6.07) is 5.17. The van der Waals surface area contributed by atoms with Crippen LogP contribution in [0.3, 0.4) is 0 Å². The monoisotopic (exact) mass is 661 g/mol. The van der Waals surface area contributed by atoms with E-state index in [4.69, 9.17) is 0 Å². The molecule has 1 N–H and O–H groups in total. The fraction of sp³-hybridized carbons (Fsp3) is 0.353. The number of benzene rings is 1. The minimum Gasteiger partial charge on any atom is -0.337 e. The highest BCUT2D eigenvalue weighted by molar-refractivity contribution is 6.09. The standard InChI is InChI=1S/C34H31F4N7O3/c1-16-6-20(21-12-39-27-8-18(3)42-44(27)13-21)9-22-23(19(4)46)14-43(29(16)22)15-28(47)45-25(10-33(5)11-26(33)45)32(48)41-31-17(2)7-24(35)30(40-31)34(36,37)38/h6-9,12-14,25-26H,10-11,15H2,1-5H3,(H,40,41,48)/t25-,26?,33-/m0/s1. The van der Waals surface area contributed by atoms with E-state index < -0.39 is 35.5 Å². The van der Waals surface area contributed by atoms with Gasteiger partial charge in [-0.25, -0.2) is 18.9 Å². The molecule has 10 nitrogen and oxygen atoms in total. The molecule has 0 spiro atoms. The number of pyridine rings is 1. The van der Waals surface area contributed by atoms with E-state index in [1.165, 1.54) is 18.7 Å². The lowest BCUT2D eigenvalue weighted by atomic mass is 10.0. The van der Waals surface area contributed by atoms with E-state index in [0.29, 0.717) is 41.0 Å². The number of aromatic nitrogens is 5. The van der Waals surface area contributed by atoms with Gasteiger partial charge in [0.15, 0.2) is 22.9 Å². The molecule has 14 heteroatoms. The number of carbonyl (C=O) groups excluding carboxylic acids is 3. The lowest BCUT2D eigenvalue weighted by Gasteiger charge is -2.27. The van der Waals surface area contributed by atoms with Gasteiger partial charge >= 0.3 is 6.18 Å². The molecule has 2 amide bonds. The molecule has 4 aromatic heterocycles. The molecule has 1 aliphatic heterocycles. The normalized spacial score (nSPS) is 20.4. The van der Waals surface area contributed by atoms with Gasteiger partial charge in [-0.3, -0.25) is 14.4 Å². The second kappa shape index (κ2) is 10.7. The molecular weight excluding hydrogens is 630 g/mol. The fourth-order valence-electron chi connectivity index (χ4n) is 7.07. The number of ketones is 1. The Kier molecular flexibility index (Phi) is 7.01. The van der Waals surface area contributed by atoms with Crippen molar-refractivity contribution < 1.29 is 31.9 Å². The first-order chi connectivity index (χ1) is 22.5. The van der Waals surface area contributed by atoms with E-state index >= 15 is 0 Å². The van der Waals surface area contributed by atoms with Crippen LogP contribution >= 0.6 is 0 Å². The van der Waals surface area contributed by atoms with Crippen LogP contribution in [0.15, 0.2) is 42.9 Å². The molecule has 48 heavy (non-hydrogen) atoms. The van der Waals surface area contributed by atoms with E-state index in [1.54, 1.807) is 21.5 Å². The number of piperidine rings is 1.